The van der Waals surface area contributed by atoms with E-state index in [1.165, 1.54) is 17.7 Å². The van der Waals surface area contributed by atoms with E-state index in [0.717, 1.165) is 30.2 Å². The van der Waals surface area contributed by atoms with Crippen molar-refractivity contribution in [3.8, 4) is 0 Å². The average molecular weight is 430 g/mol. The first kappa shape index (κ1) is 24.7. The highest BCUT2D eigenvalue weighted by Gasteiger charge is 2.21. The van der Waals surface area contributed by atoms with Gasteiger partial charge < -0.3 is 15.7 Å². The van der Waals surface area contributed by atoms with Crippen molar-refractivity contribution < 1.29 is 13.9 Å². The summed E-state index contributed by atoms with van der Waals surface area (Å²) in [5.41, 5.74) is 3.66. The van der Waals surface area contributed by atoms with Gasteiger partial charge in [-0.25, -0.2) is 8.78 Å². The van der Waals surface area contributed by atoms with Crippen LogP contribution in [-0.2, 0) is 19.4 Å². The number of hydrogen-bond acceptors (Lipinski definition) is 4. The minimum Gasteiger partial charge on any atom is -0.390 e. The normalized spacial score (nSPS) is 14.1. The predicted octanol–water partition coefficient (Wildman–Crippen LogP) is 4.17. The molecule has 2 atom stereocenters. The van der Waals surface area contributed by atoms with E-state index in [1.807, 2.05) is 25.1 Å². The Morgan fingerprint density at radius 1 is 1.06 bits per heavy atom. The second kappa shape index (κ2) is 13.0. The van der Waals surface area contributed by atoms with Gasteiger partial charge in [-0.3, -0.25) is 4.99 Å². The molecule has 2 aromatic rings. The van der Waals surface area contributed by atoms with Gasteiger partial charge in [0.1, 0.15) is 11.6 Å². The zero-order chi connectivity index (χ0) is 22.6. The Morgan fingerprint density at radius 3 is 2.42 bits per heavy atom. The number of benzene rings is 2. The molecule has 31 heavy (non-hydrogen) atoms. The molecule has 0 saturated carbocycles. The second-order valence-electron chi connectivity index (χ2n) is 7.56. The van der Waals surface area contributed by atoms with E-state index in [1.54, 1.807) is 13.3 Å². The van der Waals surface area contributed by atoms with Crippen molar-refractivity contribution in [1.29, 1.82) is 0 Å². The Bertz CT molecular complexity index is 863. The highest BCUT2D eigenvalue weighted by Crippen LogP contribution is 2.13. The quantitative estimate of drug-likeness (QED) is 0.444. The first-order chi connectivity index (χ1) is 14.9. The molecule has 0 bridgehead atoms. The molecule has 0 heterocycles. The highest BCUT2D eigenvalue weighted by molar-refractivity contribution is 5.77. The summed E-state index contributed by atoms with van der Waals surface area (Å²) in [5.74, 6) is -1.26. The van der Waals surface area contributed by atoms with E-state index in [4.69, 9.17) is 0 Å². The molecule has 2 unspecified atom stereocenters. The minimum atomic E-state index is -0.786. The lowest BCUT2D eigenvalue weighted by atomic mass is 10.00. The Kier molecular flexibility index (Phi) is 10.3. The smallest absolute Gasteiger partial charge is 0.126 e. The number of aliphatic hydroxyl groups is 1. The van der Waals surface area contributed by atoms with Gasteiger partial charge in [0, 0.05) is 38.1 Å². The number of halogens is 2. The van der Waals surface area contributed by atoms with Crippen LogP contribution in [0.4, 0.5) is 8.78 Å². The molecular weight excluding hydrogens is 396 g/mol. The SMILES string of the molecule is CC/C=C(\C=N/C)NC(Cc1cc(F)cc(F)c1)C(O)CNCc1cccc(CC)c1. The van der Waals surface area contributed by atoms with E-state index in [0.29, 0.717) is 18.7 Å². The molecule has 0 aliphatic rings. The topological polar surface area (TPSA) is 56.7 Å². The Labute approximate surface area is 184 Å². The number of hydrogen-bond donors (Lipinski definition) is 3. The van der Waals surface area contributed by atoms with E-state index < -0.39 is 23.8 Å². The fourth-order valence-electron chi connectivity index (χ4n) is 3.45. The lowest BCUT2D eigenvalue weighted by Crippen LogP contribution is -2.46. The summed E-state index contributed by atoms with van der Waals surface area (Å²) in [4.78, 5) is 4.05. The van der Waals surface area contributed by atoms with Crippen LogP contribution in [0.15, 0.2) is 59.2 Å². The first-order valence-electron chi connectivity index (χ1n) is 10.8. The van der Waals surface area contributed by atoms with Crippen LogP contribution in [0, 0.1) is 11.6 Å². The summed E-state index contributed by atoms with van der Waals surface area (Å²) in [6, 6.07) is 11.3. The van der Waals surface area contributed by atoms with Crippen LogP contribution in [0.2, 0.25) is 0 Å². The Balaban J connectivity index is 2.10. The van der Waals surface area contributed by atoms with Crippen molar-refractivity contribution in [3.05, 3.63) is 82.6 Å². The minimum absolute atomic E-state index is 0.265. The van der Waals surface area contributed by atoms with Gasteiger partial charge in [0.2, 0.25) is 0 Å². The maximum Gasteiger partial charge on any atom is 0.126 e. The van der Waals surface area contributed by atoms with Crippen LogP contribution in [-0.4, -0.2) is 37.1 Å². The molecule has 3 N–H and O–H groups in total. The summed E-state index contributed by atoms with van der Waals surface area (Å²) in [7, 11) is 1.67. The third kappa shape index (κ3) is 8.59. The van der Waals surface area contributed by atoms with Gasteiger partial charge in [-0.15, -0.1) is 0 Å². The van der Waals surface area contributed by atoms with E-state index in [-0.39, 0.29) is 6.42 Å². The monoisotopic (exact) mass is 429 g/mol. The van der Waals surface area contributed by atoms with Crippen molar-refractivity contribution in [1.82, 2.24) is 10.6 Å². The molecule has 2 rings (SSSR count). The van der Waals surface area contributed by atoms with Crippen LogP contribution in [0.3, 0.4) is 0 Å². The van der Waals surface area contributed by atoms with Crippen molar-refractivity contribution >= 4 is 6.21 Å². The van der Waals surface area contributed by atoms with Crippen molar-refractivity contribution in [3.63, 3.8) is 0 Å². The molecule has 0 saturated heterocycles. The van der Waals surface area contributed by atoms with Crippen LogP contribution in [0.5, 0.6) is 0 Å². The molecule has 0 radical (unpaired) electrons. The van der Waals surface area contributed by atoms with Crippen molar-refractivity contribution in [2.75, 3.05) is 13.6 Å². The van der Waals surface area contributed by atoms with Crippen molar-refractivity contribution in [2.45, 2.75) is 51.8 Å². The maximum absolute atomic E-state index is 13.7. The largest absolute Gasteiger partial charge is 0.390 e. The Hall–Kier alpha value is -2.57. The van der Waals surface area contributed by atoms with Crippen LogP contribution >= 0.6 is 0 Å². The molecule has 0 aliphatic carbocycles. The number of nitrogens with one attached hydrogen (secondary N) is 2. The zero-order valence-corrected chi connectivity index (χ0v) is 18.5. The fourth-order valence-corrected chi connectivity index (χ4v) is 3.45. The second-order valence-corrected chi connectivity index (χ2v) is 7.56. The molecular formula is C25H33F2N3O. The summed E-state index contributed by atoms with van der Waals surface area (Å²) in [6.45, 7) is 5.07. The van der Waals surface area contributed by atoms with Gasteiger partial charge in [-0.05, 0) is 48.1 Å². The van der Waals surface area contributed by atoms with Gasteiger partial charge in [0.15, 0.2) is 0 Å². The van der Waals surface area contributed by atoms with E-state index >= 15 is 0 Å². The van der Waals surface area contributed by atoms with Gasteiger partial charge in [-0.1, -0.05) is 44.2 Å². The number of nitrogens with zero attached hydrogens (tertiary/aromatic N) is 1. The third-order valence-corrected chi connectivity index (χ3v) is 4.97. The lowest BCUT2D eigenvalue weighted by molar-refractivity contribution is 0.130. The fraction of sp³-hybridized carbons (Fsp3) is 0.400. The van der Waals surface area contributed by atoms with Crippen molar-refractivity contribution in [2.24, 2.45) is 4.99 Å². The number of aryl methyl sites for hydroxylation is 1. The number of aliphatic hydroxyl groups excluding tert-OH is 1. The molecule has 0 fully saturated rings. The van der Waals surface area contributed by atoms with Crippen LogP contribution in [0.25, 0.3) is 0 Å². The van der Waals surface area contributed by atoms with E-state index in [9.17, 15) is 13.9 Å². The van der Waals surface area contributed by atoms with Gasteiger partial charge in [-0.2, -0.15) is 0 Å². The molecule has 6 heteroatoms. The molecule has 0 aliphatic heterocycles. The molecule has 0 amide bonds. The van der Waals surface area contributed by atoms with Gasteiger partial charge in [0.25, 0.3) is 0 Å². The highest BCUT2D eigenvalue weighted by atomic mass is 19.1. The summed E-state index contributed by atoms with van der Waals surface area (Å²) >= 11 is 0. The molecule has 4 nitrogen and oxygen atoms in total. The van der Waals surface area contributed by atoms with Gasteiger partial charge >= 0.3 is 0 Å². The molecule has 2 aromatic carbocycles. The van der Waals surface area contributed by atoms with Gasteiger partial charge in [0.05, 0.1) is 12.1 Å². The Morgan fingerprint density at radius 2 is 1.77 bits per heavy atom. The lowest BCUT2D eigenvalue weighted by Gasteiger charge is -2.26. The van der Waals surface area contributed by atoms with E-state index in [2.05, 4.69) is 34.7 Å². The summed E-state index contributed by atoms with van der Waals surface area (Å²) < 4.78 is 27.3. The number of rotatable bonds is 12. The molecule has 0 aromatic heterocycles. The summed E-state index contributed by atoms with van der Waals surface area (Å²) in [5, 5.41) is 17.5. The first-order valence-corrected chi connectivity index (χ1v) is 10.8. The van der Waals surface area contributed by atoms with Crippen LogP contribution < -0.4 is 10.6 Å². The summed E-state index contributed by atoms with van der Waals surface area (Å²) in [6.07, 6.45) is 4.88. The number of allylic oxidation sites excluding steroid dienone is 2. The zero-order valence-electron chi connectivity index (χ0n) is 18.5. The molecule has 168 valence electrons. The van der Waals surface area contributed by atoms with Crippen LogP contribution in [0.1, 0.15) is 37.0 Å². The molecule has 0 spiro atoms. The average Bonchev–Trinajstić information content (AvgIpc) is 2.73. The standard InChI is InChI=1S/C25H33F2N3O/c1-4-7-23(16-28-3)30-24(13-20-11-21(26)14-22(27)12-20)25(31)17-29-15-19-9-6-8-18(5-2)10-19/h6-12,14,16,24-25,29-31H,4-5,13,15,17H2,1-3H3/b23-7+,28-16-. The number of aliphatic imine (C=N–C) groups is 1. The maximum atomic E-state index is 13.7. The third-order valence-electron chi connectivity index (χ3n) is 4.97. The predicted molar refractivity (Wildman–Crippen MR) is 123 cm³/mol.